The Balaban J connectivity index is 1.90. The molecule has 1 aliphatic carbocycles. The maximum Gasteiger partial charge on any atom is 0.338 e. The molecule has 1 aliphatic rings. The lowest BCUT2D eigenvalue weighted by Gasteiger charge is -2.13. The number of nitrogens with one attached hydrogen (secondary N) is 1. The highest BCUT2D eigenvalue weighted by molar-refractivity contribution is 5.91. The molecule has 0 aliphatic heterocycles. The van der Waals surface area contributed by atoms with E-state index in [0.29, 0.717) is 23.5 Å². The SMILES string of the molecule is CCCCNC(=O)COc1cc(C(=O)OC2CCCC2)ccc1N. The summed E-state index contributed by atoms with van der Waals surface area (Å²) in [6.45, 7) is 2.55. The van der Waals surface area contributed by atoms with Gasteiger partial charge in [0.05, 0.1) is 11.3 Å². The molecule has 2 rings (SSSR count). The molecule has 3 N–H and O–H groups in total. The second-order valence-electron chi connectivity index (χ2n) is 6.06. The molecule has 1 aromatic carbocycles. The Bertz CT molecular complexity index is 568. The van der Waals surface area contributed by atoms with Crippen molar-refractivity contribution in [2.45, 2.75) is 51.6 Å². The normalized spacial score (nSPS) is 14.4. The Morgan fingerprint density at radius 3 is 2.75 bits per heavy atom. The van der Waals surface area contributed by atoms with Gasteiger partial charge in [-0.15, -0.1) is 0 Å². The number of benzene rings is 1. The third-order valence-electron chi connectivity index (χ3n) is 4.04. The van der Waals surface area contributed by atoms with Crippen LogP contribution in [0, 0.1) is 0 Å². The van der Waals surface area contributed by atoms with Gasteiger partial charge >= 0.3 is 5.97 Å². The Labute approximate surface area is 142 Å². The van der Waals surface area contributed by atoms with E-state index in [1.165, 1.54) is 6.07 Å². The Kier molecular flexibility index (Phi) is 6.90. The van der Waals surface area contributed by atoms with Crippen molar-refractivity contribution in [1.29, 1.82) is 0 Å². The van der Waals surface area contributed by atoms with Gasteiger partial charge in [-0.1, -0.05) is 13.3 Å². The van der Waals surface area contributed by atoms with Crippen LogP contribution in [0.15, 0.2) is 18.2 Å². The first kappa shape index (κ1) is 18.1. The molecule has 1 aromatic rings. The molecule has 6 nitrogen and oxygen atoms in total. The second-order valence-corrected chi connectivity index (χ2v) is 6.06. The summed E-state index contributed by atoms with van der Waals surface area (Å²) in [5.41, 5.74) is 6.62. The van der Waals surface area contributed by atoms with Crippen LogP contribution in [0.1, 0.15) is 55.8 Å². The van der Waals surface area contributed by atoms with Crippen molar-refractivity contribution >= 4 is 17.6 Å². The fraction of sp³-hybridized carbons (Fsp3) is 0.556. The standard InChI is InChI=1S/C18H26N2O4/c1-2-3-10-20-17(21)12-23-16-11-13(8-9-15(16)19)18(22)24-14-6-4-5-7-14/h8-9,11,14H,2-7,10,12,19H2,1H3,(H,20,21). The van der Waals surface area contributed by atoms with Gasteiger partial charge in [0.25, 0.3) is 5.91 Å². The number of anilines is 1. The van der Waals surface area contributed by atoms with Gasteiger partial charge in [0, 0.05) is 6.54 Å². The van der Waals surface area contributed by atoms with Crippen LogP contribution in [0.2, 0.25) is 0 Å². The topological polar surface area (TPSA) is 90.6 Å². The lowest BCUT2D eigenvalue weighted by atomic mass is 10.2. The van der Waals surface area contributed by atoms with Crippen LogP contribution in [-0.2, 0) is 9.53 Å². The number of esters is 1. The minimum atomic E-state index is -0.376. The van der Waals surface area contributed by atoms with Crippen LogP contribution in [0.3, 0.4) is 0 Å². The third kappa shape index (κ3) is 5.44. The monoisotopic (exact) mass is 334 g/mol. The molecule has 6 heteroatoms. The number of nitrogens with two attached hydrogens (primary N) is 1. The molecule has 0 bridgehead atoms. The van der Waals surface area contributed by atoms with Crippen LogP contribution >= 0.6 is 0 Å². The summed E-state index contributed by atoms with van der Waals surface area (Å²) in [4.78, 5) is 23.9. The number of ether oxygens (including phenoxy) is 2. The van der Waals surface area contributed by atoms with Crippen LogP contribution in [0.25, 0.3) is 0 Å². The van der Waals surface area contributed by atoms with Crippen molar-refractivity contribution in [3.05, 3.63) is 23.8 Å². The zero-order valence-electron chi connectivity index (χ0n) is 14.2. The predicted molar refractivity (Wildman–Crippen MR) is 91.9 cm³/mol. The predicted octanol–water partition coefficient (Wildman–Crippen LogP) is 2.66. The average Bonchev–Trinajstić information content (AvgIpc) is 3.07. The molecule has 0 aromatic heterocycles. The fourth-order valence-electron chi connectivity index (χ4n) is 2.61. The highest BCUT2D eigenvalue weighted by atomic mass is 16.5. The summed E-state index contributed by atoms with van der Waals surface area (Å²) in [5, 5.41) is 2.76. The van der Waals surface area contributed by atoms with Gasteiger partial charge in [-0.2, -0.15) is 0 Å². The molecule has 0 atom stereocenters. The largest absolute Gasteiger partial charge is 0.482 e. The molecular weight excluding hydrogens is 308 g/mol. The summed E-state index contributed by atoms with van der Waals surface area (Å²) in [6.07, 6.45) is 5.98. The highest BCUT2D eigenvalue weighted by Crippen LogP contribution is 2.25. The molecule has 1 amide bonds. The maximum atomic E-state index is 12.2. The summed E-state index contributed by atoms with van der Waals surface area (Å²) in [7, 11) is 0. The van der Waals surface area contributed by atoms with Crippen molar-refractivity contribution in [2.24, 2.45) is 0 Å². The smallest absolute Gasteiger partial charge is 0.338 e. The summed E-state index contributed by atoms with van der Waals surface area (Å²) >= 11 is 0. The van der Waals surface area contributed by atoms with E-state index >= 15 is 0 Å². The molecule has 24 heavy (non-hydrogen) atoms. The summed E-state index contributed by atoms with van der Waals surface area (Å²) in [6, 6.07) is 4.74. The number of hydrogen-bond donors (Lipinski definition) is 2. The van der Waals surface area contributed by atoms with Crippen LogP contribution in [0.4, 0.5) is 5.69 Å². The molecule has 0 radical (unpaired) electrons. The van der Waals surface area contributed by atoms with E-state index < -0.39 is 0 Å². The quantitative estimate of drug-likeness (QED) is 0.433. The number of unbranched alkanes of at least 4 members (excludes halogenated alkanes) is 1. The number of hydrogen-bond acceptors (Lipinski definition) is 5. The third-order valence-corrected chi connectivity index (χ3v) is 4.04. The van der Waals surface area contributed by atoms with E-state index in [0.717, 1.165) is 38.5 Å². The number of nitrogen functional groups attached to an aromatic ring is 1. The van der Waals surface area contributed by atoms with Crippen molar-refractivity contribution < 1.29 is 19.1 Å². The van der Waals surface area contributed by atoms with Crippen molar-refractivity contribution in [3.63, 3.8) is 0 Å². The van der Waals surface area contributed by atoms with Gasteiger partial charge in [-0.25, -0.2) is 4.79 Å². The molecule has 0 saturated heterocycles. The number of amides is 1. The van der Waals surface area contributed by atoms with Crippen molar-refractivity contribution in [2.75, 3.05) is 18.9 Å². The van der Waals surface area contributed by atoms with E-state index in [1.54, 1.807) is 12.1 Å². The van der Waals surface area contributed by atoms with Gasteiger partial charge in [0.1, 0.15) is 11.9 Å². The zero-order chi connectivity index (χ0) is 17.4. The van der Waals surface area contributed by atoms with Gasteiger partial charge in [0.2, 0.25) is 0 Å². The molecule has 0 spiro atoms. The van der Waals surface area contributed by atoms with Gasteiger partial charge in [0.15, 0.2) is 6.61 Å². The summed E-state index contributed by atoms with van der Waals surface area (Å²) in [5.74, 6) is -0.262. The number of rotatable bonds is 8. The van der Waals surface area contributed by atoms with Gasteiger partial charge < -0.3 is 20.5 Å². The minimum Gasteiger partial charge on any atom is -0.482 e. The molecule has 0 unspecified atom stereocenters. The van der Waals surface area contributed by atoms with E-state index in [2.05, 4.69) is 12.2 Å². The van der Waals surface area contributed by atoms with Crippen LogP contribution < -0.4 is 15.8 Å². The van der Waals surface area contributed by atoms with Crippen LogP contribution in [-0.4, -0.2) is 31.1 Å². The molecule has 132 valence electrons. The maximum absolute atomic E-state index is 12.2. The Morgan fingerprint density at radius 1 is 1.29 bits per heavy atom. The molecule has 1 fully saturated rings. The van der Waals surface area contributed by atoms with E-state index in [9.17, 15) is 9.59 Å². The van der Waals surface area contributed by atoms with Crippen molar-refractivity contribution in [3.8, 4) is 5.75 Å². The van der Waals surface area contributed by atoms with E-state index in [4.69, 9.17) is 15.2 Å². The first-order chi connectivity index (χ1) is 11.6. The lowest BCUT2D eigenvalue weighted by Crippen LogP contribution is -2.29. The van der Waals surface area contributed by atoms with E-state index in [1.807, 2.05) is 0 Å². The Hall–Kier alpha value is -2.24. The number of carbonyl (C=O) groups is 2. The van der Waals surface area contributed by atoms with E-state index in [-0.39, 0.29) is 24.6 Å². The zero-order valence-corrected chi connectivity index (χ0v) is 14.2. The Morgan fingerprint density at radius 2 is 2.04 bits per heavy atom. The minimum absolute atomic E-state index is 0.00349. The summed E-state index contributed by atoms with van der Waals surface area (Å²) < 4.78 is 10.9. The van der Waals surface area contributed by atoms with Crippen molar-refractivity contribution in [1.82, 2.24) is 5.32 Å². The first-order valence-electron chi connectivity index (χ1n) is 8.60. The van der Waals surface area contributed by atoms with Crippen LogP contribution in [0.5, 0.6) is 5.75 Å². The van der Waals surface area contributed by atoms with Gasteiger partial charge in [-0.05, 0) is 50.3 Å². The molecule has 0 heterocycles. The number of carbonyl (C=O) groups excluding carboxylic acids is 2. The first-order valence-corrected chi connectivity index (χ1v) is 8.60. The fourth-order valence-corrected chi connectivity index (χ4v) is 2.61. The van der Waals surface area contributed by atoms with Gasteiger partial charge in [-0.3, -0.25) is 4.79 Å². The molecule has 1 saturated carbocycles. The molecular formula is C18H26N2O4. The lowest BCUT2D eigenvalue weighted by molar-refractivity contribution is -0.123. The average molecular weight is 334 g/mol. The second kappa shape index (κ2) is 9.15. The highest BCUT2D eigenvalue weighted by Gasteiger charge is 2.20.